The highest BCUT2D eigenvalue weighted by Gasteiger charge is 2.23. The van der Waals surface area contributed by atoms with Crippen LogP contribution in [0.2, 0.25) is 0 Å². The van der Waals surface area contributed by atoms with E-state index in [9.17, 15) is 18.0 Å². The Kier molecular flexibility index (Phi) is 6.49. The number of benzene rings is 1. The Balaban J connectivity index is 2.11. The Labute approximate surface area is 156 Å². The van der Waals surface area contributed by atoms with E-state index >= 15 is 0 Å². The zero-order chi connectivity index (χ0) is 19.3. The Morgan fingerprint density at radius 1 is 1.23 bits per heavy atom. The lowest BCUT2D eigenvalue weighted by atomic mass is 10.2. The first kappa shape index (κ1) is 20.1. The molecule has 9 heteroatoms. The molecule has 1 heterocycles. The molecular weight excluding hydrogens is 374 g/mol. The number of rotatable bonds is 7. The van der Waals surface area contributed by atoms with Crippen LogP contribution >= 0.6 is 11.3 Å². The number of thiazole rings is 1. The minimum Gasteiger partial charge on any atom is -0.357 e. The average molecular weight is 396 g/mol. The molecule has 0 spiro atoms. The summed E-state index contributed by atoms with van der Waals surface area (Å²) in [6, 6.07) is 6.84. The summed E-state index contributed by atoms with van der Waals surface area (Å²) in [6.45, 7) is 1.99. The molecule has 0 unspecified atom stereocenters. The number of amides is 2. The molecule has 0 bridgehead atoms. The first-order chi connectivity index (χ1) is 12.2. The van der Waals surface area contributed by atoms with E-state index in [-0.39, 0.29) is 17.9 Å². The van der Waals surface area contributed by atoms with Crippen molar-refractivity contribution in [3.05, 3.63) is 40.9 Å². The van der Waals surface area contributed by atoms with Crippen LogP contribution in [0.3, 0.4) is 0 Å². The molecule has 2 N–H and O–H groups in total. The van der Waals surface area contributed by atoms with E-state index in [2.05, 4.69) is 15.6 Å². The minimum absolute atomic E-state index is 0.000791. The van der Waals surface area contributed by atoms with Crippen molar-refractivity contribution in [1.82, 2.24) is 15.6 Å². The van der Waals surface area contributed by atoms with Gasteiger partial charge in [-0.1, -0.05) is 29.8 Å². The molecule has 0 fully saturated rings. The van der Waals surface area contributed by atoms with Gasteiger partial charge in [-0.2, -0.15) is 0 Å². The fourth-order valence-electron chi connectivity index (χ4n) is 2.21. The van der Waals surface area contributed by atoms with Crippen LogP contribution in [0.15, 0.2) is 29.6 Å². The SMILES string of the molecule is CNC(=O)[C@H](CCS(C)(=O)=O)NC(=O)c1csc(-c2ccc(C)cc2)n1. The highest BCUT2D eigenvalue weighted by Crippen LogP contribution is 2.24. The summed E-state index contributed by atoms with van der Waals surface area (Å²) in [5.41, 5.74) is 2.22. The third kappa shape index (κ3) is 5.63. The second-order valence-corrected chi connectivity index (χ2v) is 9.08. The van der Waals surface area contributed by atoms with Gasteiger partial charge in [-0.15, -0.1) is 11.3 Å². The first-order valence-electron chi connectivity index (χ1n) is 7.92. The molecule has 0 saturated carbocycles. The lowest BCUT2D eigenvalue weighted by molar-refractivity contribution is -0.122. The van der Waals surface area contributed by atoms with Gasteiger partial charge in [0, 0.05) is 24.2 Å². The molecule has 1 aromatic heterocycles. The summed E-state index contributed by atoms with van der Waals surface area (Å²) < 4.78 is 22.7. The predicted octanol–water partition coefficient (Wildman–Crippen LogP) is 1.40. The zero-order valence-corrected chi connectivity index (χ0v) is 16.4. The van der Waals surface area contributed by atoms with Crippen molar-refractivity contribution in [3.63, 3.8) is 0 Å². The number of sulfone groups is 1. The summed E-state index contributed by atoms with van der Waals surface area (Å²) in [5.74, 6) is -1.16. The topological polar surface area (TPSA) is 105 Å². The molecule has 0 aliphatic carbocycles. The van der Waals surface area contributed by atoms with Crippen LogP contribution in [0, 0.1) is 6.92 Å². The third-order valence-electron chi connectivity index (χ3n) is 3.68. The summed E-state index contributed by atoms with van der Waals surface area (Å²) >= 11 is 1.33. The normalized spacial score (nSPS) is 12.4. The van der Waals surface area contributed by atoms with Gasteiger partial charge in [0.05, 0.1) is 5.75 Å². The van der Waals surface area contributed by atoms with Crippen LogP contribution in [0.25, 0.3) is 10.6 Å². The Morgan fingerprint density at radius 2 is 1.88 bits per heavy atom. The second kappa shape index (κ2) is 8.41. The van der Waals surface area contributed by atoms with Crippen molar-refractivity contribution in [2.75, 3.05) is 19.1 Å². The van der Waals surface area contributed by atoms with Crippen molar-refractivity contribution < 1.29 is 18.0 Å². The van der Waals surface area contributed by atoms with Crippen LogP contribution in [-0.2, 0) is 14.6 Å². The second-order valence-electron chi connectivity index (χ2n) is 5.96. The fourth-order valence-corrected chi connectivity index (χ4v) is 3.68. The maximum atomic E-state index is 12.4. The quantitative estimate of drug-likeness (QED) is 0.737. The highest BCUT2D eigenvalue weighted by molar-refractivity contribution is 7.90. The summed E-state index contributed by atoms with van der Waals surface area (Å²) in [6.07, 6.45) is 1.09. The number of carbonyl (C=O) groups is 2. The number of hydrogen-bond acceptors (Lipinski definition) is 6. The van der Waals surface area contributed by atoms with E-state index in [0.717, 1.165) is 17.4 Å². The number of aryl methyl sites for hydroxylation is 1. The van der Waals surface area contributed by atoms with Gasteiger partial charge < -0.3 is 10.6 Å². The van der Waals surface area contributed by atoms with E-state index in [4.69, 9.17) is 0 Å². The molecule has 7 nitrogen and oxygen atoms in total. The molecule has 0 aliphatic heterocycles. The van der Waals surface area contributed by atoms with E-state index in [1.165, 1.54) is 18.4 Å². The molecule has 2 aromatic rings. The molecule has 1 aromatic carbocycles. The monoisotopic (exact) mass is 395 g/mol. The number of aromatic nitrogens is 1. The van der Waals surface area contributed by atoms with Crippen molar-refractivity contribution in [1.29, 1.82) is 0 Å². The number of likely N-dealkylation sites (N-methyl/N-ethyl adjacent to an activating group) is 1. The molecule has 1 atom stereocenters. The summed E-state index contributed by atoms with van der Waals surface area (Å²) in [5, 5.41) is 7.30. The molecule has 0 aliphatic rings. The van der Waals surface area contributed by atoms with Gasteiger partial charge in [-0.25, -0.2) is 13.4 Å². The lowest BCUT2D eigenvalue weighted by Crippen LogP contribution is -2.46. The predicted molar refractivity (Wildman–Crippen MR) is 102 cm³/mol. The number of hydrogen-bond donors (Lipinski definition) is 2. The van der Waals surface area contributed by atoms with Gasteiger partial charge in [-0.05, 0) is 13.3 Å². The van der Waals surface area contributed by atoms with Gasteiger partial charge in [0.1, 0.15) is 26.6 Å². The molecule has 2 rings (SSSR count). The van der Waals surface area contributed by atoms with Gasteiger partial charge >= 0.3 is 0 Å². The van der Waals surface area contributed by atoms with Crippen LogP contribution in [0.5, 0.6) is 0 Å². The van der Waals surface area contributed by atoms with Crippen LogP contribution < -0.4 is 10.6 Å². The molecule has 26 heavy (non-hydrogen) atoms. The standard InChI is InChI=1S/C17H21N3O4S2/c1-11-4-6-12(7-5-11)17-20-14(10-25-17)16(22)19-13(15(21)18-2)8-9-26(3,23)24/h4-7,10,13H,8-9H2,1-3H3,(H,18,21)(H,19,22)/t13-/m0/s1. The number of nitrogens with zero attached hydrogens (tertiary/aromatic N) is 1. The maximum absolute atomic E-state index is 12.4. The number of nitrogens with one attached hydrogen (secondary N) is 2. The van der Waals surface area contributed by atoms with E-state index in [0.29, 0.717) is 5.01 Å². The van der Waals surface area contributed by atoms with Crippen LogP contribution in [0.1, 0.15) is 22.5 Å². The van der Waals surface area contributed by atoms with E-state index in [1.54, 1.807) is 5.38 Å². The first-order valence-corrected chi connectivity index (χ1v) is 10.9. The van der Waals surface area contributed by atoms with Crippen molar-refractivity contribution in [2.24, 2.45) is 0 Å². The van der Waals surface area contributed by atoms with Crippen LogP contribution in [0.4, 0.5) is 0 Å². The maximum Gasteiger partial charge on any atom is 0.271 e. The largest absolute Gasteiger partial charge is 0.357 e. The lowest BCUT2D eigenvalue weighted by Gasteiger charge is -2.16. The van der Waals surface area contributed by atoms with Gasteiger partial charge in [0.2, 0.25) is 5.91 Å². The van der Waals surface area contributed by atoms with Crippen molar-refractivity contribution in [2.45, 2.75) is 19.4 Å². The van der Waals surface area contributed by atoms with Crippen molar-refractivity contribution >= 4 is 33.0 Å². The molecule has 2 amide bonds. The fraction of sp³-hybridized carbons (Fsp3) is 0.353. The van der Waals surface area contributed by atoms with E-state index in [1.807, 2.05) is 31.2 Å². The average Bonchev–Trinajstić information content (AvgIpc) is 3.07. The molecule has 140 valence electrons. The highest BCUT2D eigenvalue weighted by atomic mass is 32.2. The Bertz CT molecular complexity index is 889. The zero-order valence-electron chi connectivity index (χ0n) is 14.8. The van der Waals surface area contributed by atoms with Crippen LogP contribution in [-0.4, -0.2) is 50.3 Å². The minimum atomic E-state index is -3.24. The number of carbonyl (C=O) groups excluding carboxylic acids is 2. The van der Waals surface area contributed by atoms with E-state index < -0.39 is 27.7 Å². The smallest absolute Gasteiger partial charge is 0.271 e. The third-order valence-corrected chi connectivity index (χ3v) is 5.55. The Morgan fingerprint density at radius 3 is 2.46 bits per heavy atom. The van der Waals surface area contributed by atoms with Crippen molar-refractivity contribution in [3.8, 4) is 10.6 Å². The molecule has 0 saturated heterocycles. The van der Waals surface area contributed by atoms with Gasteiger partial charge in [0.15, 0.2) is 0 Å². The van der Waals surface area contributed by atoms with Gasteiger partial charge in [-0.3, -0.25) is 9.59 Å². The summed E-state index contributed by atoms with van der Waals surface area (Å²) in [4.78, 5) is 28.6. The van der Waals surface area contributed by atoms with Gasteiger partial charge in [0.25, 0.3) is 5.91 Å². The Hall–Kier alpha value is -2.26. The summed E-state index contributed by atoms with van der Waals surface area (Å²) in [7, 11) is -1.81. The molecular formula is C17H21N3O4S2. The molecule has 0 radical (unpaired) electrons.